The second kappa shape index (κ2) is 7.38. The molecule has 1 aliphatic carbocycles. The van der Waals surface area contributed by atoms with Gasteiger partial charge in [-0.1, -0.05) is 24.3 Å². The van der Waals surface area contributed by atoms with Crippen molar-refractivity contribution in [1.82, 2.24) is 9.21 Å². The zero-order chi connectivity index (χ0) is 17.9. The highest BCUT2D eigenvalue weighted by atomic mass is 32.2. The Balaban J connectivity index is 1.68. The van der Waals surface area contributed by atoms with Gasteiger partial charge >= 0.3 is 0 Å². The van der Waals surface area contributed by atoms with Crippen LogP contribution in [0.25, 0.3) is 0 Å². The van der Waals surface area contributed by atoms with Crippen LogP contribution in [-0.2, 0) is 14.8 Å². The summed E-state index contributed by atoms with van der Waals surface area (Å²) in [4.78, 5) is 14.4. The summed E-state index contributed by atoms with van der Waals surface area (Å²) in [6.45, 7) is 1.31. The van der Waals surface area contributed by atoms with Crippen molar-refractivity contribution in [2.75, 3.05) is 26.2 Å². The highest BCUT2D eigenvalue weighted by Gasteiger charge is 2.33. The Kier molecular flexibility index (Phi) is 5.21. The largest absolute Gasteiger partial charge is 0.340 e. The number of benzene rings is 1. The molecular formula is C18H21N3O3S. The molecule has 132 valence electrons. The molecule has 0 N–H and O–H groups in total. The molecule has 0 radical (unpaired) electrons. The highest BCUT2D eigenvalue weighted by molar-refractivity contribution is 7.89. The molecule has 6 nitrogen and oxygen atoms in total. The van der Waals surface area contributed by atoms with Crippen LogP contribution in [0.3, 0.4) is 0 Å². The van der Waals surface area contributed by atoms with Crippen molar-refractivity contribution >= 4 is 15.9 Å². The van der Waals surface area contributed by atoms with Crippen molar-refractivity contribution in [2.24, 2.45) is 5.92 Å². The van der Waals surface area contributed by atoms with Crippen LogP contribution >= 0.6 is 0 Å². The lowest BCUT2D eigenvalue weighted by Crippen LogP contribution is -2.52. The zero-order valence-electron chi connectivity index (χ0n) is 14.0. The van der Waals surface area contributed by atoms with Crippen LogP contribution in [0.4, 0.5) is 0 Å². The van der Waals surface area contributed by atoms with Crippen LogP contribution in [0.1, 0.15) is 24.8 Å². The van der Waals surface area contributed by atoms with E-state index >= 15 is 0 Å². The van der Waals surface area contributed by atoms with Crippen LogP contribution in [-0.4, -0.2) is 49.7 Å². The molecule has 1 heterocycles. The zero-order valence-corrected chi connectivity index (χ0v) is 14.8. The van der Waals surface area contributed by atoms with E-state index in [0.29, 0.717) is 13.1 Å². The topological polar surface area (TPSA) is 81.5 Å². The van der Waals surface area contributed by atoms with E-state index in [1.165, 1.54) is 16.4 Å². The molecule has 0 aromatic heterocycles. The number of hydrogen-bond acceptors (Lipinski definition) is 4. The number of rotatable bonds is 3. The number of sulfonamides is 1. The number of carbonyl (C=O) groups is 1. The van der Waals surface area contributed by atoms with Crippen LogP contribution in [0.15, 0.2) is 41.3 Å². The number of allylic oxidation sites excluding steroid dienone is 2. The highest BCUT2D eigenvalue weighted by Crippen LogP contribution is 2.24. The lowest BCUT2D eigenvalue weighted by atomic mass is 9.93. The molecule has 1 amide bonds. The SMILES string of the molecule is N#Cc1ccccc1S(=O)(=O)N1CCN(C(=O)C2CC=CCC2)CC1. The van der Waals surface area contributed by atoms with E-state index in [-0.39, 0.29) is 35.4 Å². The number of nitrogens with zero attached hydrogens (tertiary/aromatic N) is 3. The fourth-order valence-electron chi connectivity index (χ4n) is 3.35. The number of hydrogen-bond donors (Lipinski definition) is 0. The van der Waals surface area contributed by atoms with Crippen molar-refractivity contribution in [3.05, 3.63) is 42.0 Å². The van der Waals surface area contributed by atoms with E-state index in [4.69, 9.17) is 5.26 Å². The van der Waals surface area contributed by atoms with E-state index in [9.17, 15) is 13.2 Å². The molecule has 1 unspecified atom stereocenters. The number of carbonyl (C=O) groups excluding carboxylic acids is 1. The summed E-state index contributed by atoms with van der Waals surface area (Å²) in [5.74, 6) is 0.145. The maximum atomic E-state index is 12.8. The third-order valence-corrected chi connectivity index (χ3v) is 6.75. The maximum absolute atomic E-state index is 12.8. The van der Waals surface area contributed by atoms with Gasteiger partial charge in [0.15, 0.2) is 0 Å². The Labute approximate surface area is 148 Å². The molecule has 2 aliphatic rings. The molecule has 1 saturated heterocycles. The third kappa shape index (κ3) is 3.60. The molecule has 1 fully saturated rings. The molecule has 1 atom stereocenters. The van der Waals surface area contributed by atoms with Gasteiger partial charge in [0, 0.05) is 32.1 Å². The Bertz CT molecular complexity index is 818. The summed E-state index contributed by atoms with van der Waals surface area (Å²) >= 11 is 0. The van der Waals surface area contributed by atoms with E-state index in [2.05, 4.69) is 6.08 Å². The summed E-state index contributed by atoms with van der Waals surface area (Å²) in [7, 11) is -3.72. The molecule has 1 aromatic carbocycles. The predicted octanol–water partition coefficient (Wildman–Crippen LogP) is 1.75. The van der Waals surface area contributed by atoms with Gasteiger partial charge in [-0.05, 0) is 31.4 Å². The first-order valence-electron chi connectivity index (χ1n) is 8.47. The summed E-state index contributed by atoms with van der Waals surface area (Å²) < 4.78 is 27.0. The second-order valence-electron chi connectivity index (χ2n) is 6.32. The molecule has 1 aliphatic heterocycles. The van der Waals surface area contributed by atoms with Crippen molar-refractivity contribution in [3.63, 3.8) is 0 Å². The van der Waals surface area contributed by atoms with Gasteiger partial charge in [-0.25, -0.2) is 8.42 Å². The average molecular weight is 359 g/mol. The second-order valence-corrected chi connectivity index (χ2v) is 8.23. The van der Waals surface area contributed by atoms with Crippen molar-refractivity contribution in [3.8, 4) is 6.07 Å². The Hall–Kier alpha value is -2.17. The summed E-state index contributed by atoms with van der Waals surface area (Å²) in [5, 5.41) is 9.15. The van der Waals surface area contributed by atoms with E-state index in [0.717, 1.165) is 19.3 Å². The molecule has 0 saturated carbocycles. The van der Waals surface area contributed by atoms with Gasteiger partial charge < -0.3 is 4.90 Å². The molecule has 25 heavy (non-hydrogen) atoms. The van der Waals surface area contributed by atoms with E-state index < -0.39 is 10.0 Å². The van der Waals surface area contributed by atoms with Gasteiger partial charge in [-0.15, -0.1) is 0 Å². The van der Waals surface area contributed by atoms with Crippen LogP contribution in [0, 0.1) is 17.2 Å². The Morgan fingerprint density at radius 2 is 1.84 bits per heavy atom. The minimum Gasteiger partial charge on any atom is -0.340 e. The molecule has 3 rings (SSSR count). The van der Waals surface area contributed by atoms with Gasteiger partial charge in [0.25, 0.3) is 0 Å². The van der Waals surface area contributed by atoms with Gasteiger partial charge in [-0.3, -0.25) is 4.79 Å². The normalized spacial score (nSPS) is 21.7. The quantitative estimate of drug-likeness (QED) is 0.770. The third-order valence-electron chi connectivity index (χ3n) is 4.79. The van der Waals surface area contributed by atoms with Crippen LogP contribution in [0.2, 0.25) is 0 Å². The standard InChI is InChI=1S/C18H21N3O3S/c19-14-16-8-4-5-9-17(16)25(23,24)21-12-10-20(11-13-21)18(22)15-6-2-1-3-7-15/h1-2,4-5,8-9,15H,3,6-7,10-13H2. The fourth-order valence-corrected chi connectivity index (χ4v) is 4.91. The van der Waals surface area contributed by atoms with Gasteiger partial charge in [0.2, 0.25) is 15.9 Å². The Morgan fingerprint density at radius 1 is 1.12 bits per heavy atom. The van der Waals surface area contributed by atoms with Crippen LogP contribution in [0.5, 0.6) is 0 Å². The first-order valence-corrected chi connectivity index (χ1v) is 9.91. The minimum absolute atomic E-state index is 0.0208. The predicted molar refractivity (Wildman–Crippen MR) is 93.0 cm³/mol. The lowest BCUT2D eigenvalue weighted by molar-refractivity contribution is -0.137. The number of nitriles is 1. The van der Waals surface area contributed by atoms with Crippen molar-refractivity contribution in [1.29, 1.82) is 5.26 Å². The molecular weight excluding hydrogens is 338 g/mol. The van der Waals surface area contributed by atoms with Gasteiger partial charge in [0.05, 0.1) is 10.5 Å². The number of amides is 1. The molecule has 0 spiro atoms. The first-order chi connectivity index (χ1) is 12.0. The monoisotopic (exact) mass is 359 g/mol. The van der Waals surface area contributed by atoms with Crippen molar-refractivity contribution < 1.29 is 13.2 Å². The van der Waals surface area contributed by atoms with Gasteiger partial charge in [-0.2, -0.15) is 9.57 Å². The average Bonchev–Trinajstić information content (AvgIpc) is 2.68. The number of piperazine rings is 1. The minimum atomic E-state index is -3.72. The fraction of sp³-hybridized carbons (Fsp3) is 0.444. The molecule has 7 heteroatoms. The smallest absolute Gasteiger partial charge is 0.244 e. The summed E-state index contributed by atoms with van der Waals surface area (Å²) in [6.07, 6.45) is 6.71. The first kappa shape index (κ1) is 17.6. The summed E-state index contributed by atoms with van der Waals surface area (Å²) in [5.41, 5.74) is 0.148. The van der Waals surface area contributed by atoms with E-state index in [1.54, 1.807) is 17.0 Å². The van der Waals surface area contributed by atoms with Gasteiger partial charge in [0.1, 0.15) is 6.07 Å². The van der Waals surface area contributed by atoms with E-state index in [1.807, 2.05) is 12.1 Å². The molecule has 0 bridgehead atoms. The molecule has 1 aromatic rings. The Morgan fingerprint density at radius 3 is 2.48 bits per heavy atom. The lowest BCUT2D eigenvalue weighted by Gasteiger charge is -2.36. The van der Waals surface area contributed by atoms with Crippen LogP contribution < -0.4 is 0 Å². The van der Waals surface area contributed by atoms with Crippen molar-refractivity contribution in [2.45, 2.75) is 24.2 Å². The maximum Gasteiger partial charge on any atom is 0.244 e. The summed E-state index contributed by atoms with van der Waals surface area (Å²) in [6, 6.07) is 8.16.